The SMILES string of the molecule is CC1(C/C=C/c2ccccc2)C(=O)C2=C(C1=O)C1(O)C=CC2OC1=O. The van der Waals surface area contributed by atoms with Crippen molar-refractivity contribution < 1.29 is 24.2 Å². The summed E-state index contributed by atoms with van der Waals surface area (Å²) in [5.41, 5.74) is -2.51. The molecule has 2 aliphatic carbocycles. The van der Waals surface area contributed by atoms with Crippen LogP contribution in [-0.2, 0) is 19.1 Å². The van der Waals surface area contributed by atoms with Gasteiger partial charge in [-0.3, -0.25) is 9.59 Å². The molecule has 0 fully saturated rings. The molecular weight excluding hydrogens is 320 g/mol. The molecule has 25 heavy (non-hydrogen) atoms. The summed E-state index contributed by atoms with van der Waals surface area (Å²) in [4.78, 5) is 37.8. The van der Waals surface area contributed by atoms with Crippen molar-refractivity contribution in [3.05, 3.63) is 65.3 Å². The topological polar surface area (TPSA) is 80.7 Å². The smallest absolute Gasteiger partial charge is 0.348 e. The predicted octanol–water partition coefficient (Wildman–Crippen LogP) is 1.77. The first-order valence-corrected chi connectivity index (χ1v) is 8.06. The van der Waals surface area contributed by atoms with Gasteiger partial charge in [-0.05, 0) is 31.1 Å². The Hall–Kier alpha value is -2.79. The Kier molecular flexibility index (Phi) is 3.21. The molecule has 0 saturated heterocycles. The number of rotatable bonds is 3. The summed E-state index contributed by atoms with van der Waals surface area (Å²) in [6.07, 6.45) is 5.62. The van der Waals surface area contributed by atoms with Crippen LogP contribution in [0.5, 0.6) is 0 Å². The average Bonchev–Trinajstić information content (AvgIpc) is 2.81. The van der Waals surface area contributed by atoms with E-state index in [4.69, 9.17) is 4.74 Å². The number of fused-ring (bicyclic) bond motifs is 1. The maximum atomic E-state index is 12.9. The number of aliphatic hydroxyl groups is 1. The first-order valence-electron chi connectivity index (χ1n) is 8.06. The molecule has 1 aromatic rings. The second-order valence-corrected chi connectivity index (χ2v) is 6.75. The molecule has 0 saturated carbocycles. The van der Waals surface area contributed by atoms with Crippen molar-refractivity contribution in [2.24, 2.45) is 5.41 Å². The molecule has 0 amide bonds. The fourth-order valence-electron chi connectivity index (χ4n) is 3.62. The minimum Gasteiger partial charge on any atom is -0.450 e. The Bertz CT molecular complexity index is 892. The Labute approximate surface area is 144 Å². The van der Waals surface area contributed by atoms with E-state index in [1.165, 1.54) is 12.2 Å². The molecule has 5 heteroatoms. The Morgan fingerprint density at radius 2 is 1.88 bits per heavy atom. The van der Waals surface area contributed by atoms with Crippen LogP contribution in [0.3, 0.4) is 0 Å². The molecule has 5 rings (SSSR count). The molecule has 3 unspecified atom stereocenters. The van der Waals surface area contributed by atoms with Crippen molar-refractivity contribution in [2.45, 2.75) is 25.0 Å². The summed E-state index contributed by atoms with van der Waals surface area (Å²) in [6.45, 7) is 1.55. The molecule has 0 radical (unpaired) electrons. The molecule has 1 N–H and O–H groups in total. The molecule has 2 bridgehead atoms. The third kappa shape index (κ3) is 2.02. The van der Waals surface area contributed by atoms with E-state index in [1.54, 1.807) is 13.0 Å². The zero-order valence-electron chi connectivity index (χ0n) is 13.6. The Morgan fingerprint density at radius 1 is 1.16 bits per heavy atom. The normalized spacial score (nSPS) is 33.4. The fourth-order valence-corrected chi connectivity index (χ4v) is 3.62. The van der Waals surface area contributed by atoms with E-state index in [9.17, 15) is 19.5 Å². The van der Waals surface area contributed by atoms with Gasteiger partial charge in [-0.1, -0.05) is 42.5 Å². The zero-order valence-corrected chi connectivity index (χ0v) is 13.6. The Balaban J connectivity index is 1.66. The number of benzene rings is 1. The van der Waals surface area contributed by atoms with E-state index in [-0.39, 0.29) is 23.4 Å². The lowest BCUT2D eigenvalue weighted by molar-refractivity contribution is -0.164. The van der Waals surface area contributed by atoms with E-state index >= 15 is 0 Å². The lowest BCUT2D eigenvalue weighted by atomic mass is 9.78. The number of carbonyl (C=O) groups excluding carboxylic acids is 3. The van der Waals surface area contributed by atoms with Crippen molar-refractivity contribution in [3.63, 3.8) is 0 Å². The van der Waals surface area contributed by atoms with Crippen molar-refractivity contribution in [1.29, 1.82) is 0 Å². The number of allylic oxidation sites excluding steroid dienone is 1. The van der Waals surface area contributed by atoms with Crippen molar-refractivity contribution >= 4 is 23.6 Å². The van der Waals surface area contributed by atoms with Crippen LogP contribution in [0.4, 0.5) is 0 Å². The van der Waals surface area contributed by atoms with Gasteiger partial charge in [0.2, 0.25) is 5.60 Å². The standard InChI is InChI=1S/C20H16O5/c1-19(10-5-8-12-6-3-2-4-7-12)16(21)14-13-9-11-20(24,18(23)25-13)15(14)17(19)22/h2-9,11,13,24H,10H2,1H3/b8-5+. The van der Waals surface area contributed by atoms with E-state index in [1.807, 2.05) is 36.4 Å². The van der Waals surface area contributed by atoms with Gasteiger partial charge in [0.1, 0.15) is 6.10 Å². The zero-order chi connectivity index (χ0) is 17.8. The lowest BCUT2D eigenvalue weighted by Crippen LogP contribution is -2.51. The van der Waals surface area contributed by atoms with Crippen molar-refractivity contribution in [2.75, 3.05) is 0 Å². The largest absolute Gasteiger partial charge is 0.450 e. The number of esters is 1. The molecule has 126 valence electrons. The molecule has 3 atom stereocenters. The van der Waals surface area contributed by atoms with Crippen molar-refractivity contribution in [3.8, 4) is 0 Å². The summed E-state index contributed by atoms with van der Waals surface area (Å²) in [5, 5.41) is 10.6. The Morgan fingerprint density at radius 3 is 2.56 bits per heavy atom. The van der Waals surface area contributed by atoms with Crippen LogP contribution in [0.15, 0.2) is 59.7 Å². The van der Waals surface area contributed by atoms with Gasteiger partial charge in [0.15, 0.2) is 11.6 Å². The quantitative estimate of drug-likeness (QED) is 0.517. The van der Waals surface area contributed by atoms with Crippen LogP contribution >= 0.6 is 0 Å². The van der Waals surface area contributed by atoms with E-state index in [2.05, 4.69) is 0 Å². The minimum absolute atomic E-state index is 0.114. The number of hydrogen-bond donors (Lipinski definition) is 1. The summed E-state index contributed by atoms with van der Waals surface area (Å²) in [5.74, 6) is -1.78. The summed E-state index contributed by atoms with van der Waals surface area (Å²) < 4.78 is 5.06. The van der Waals surface area contributed by atoms with Crippen LogP contribution in [0.2, 0.25) is 0 Å². The van der Waals surface area contributed by atoms with Gasteiger partial charge in [0, 0.05) is 0 Å². The van der Waals surface area contributed by atoms with Gasteiger partial charge in [0.25, 0.3) is 0 Å². The molecule has 0 spiro atoms. The van der Waals surface area contributed by atoms with Crippen LogP contribution < -0.4 is 0 Å². The number of carbonyl (C=O) groups is 3. The summed E-state index contributed by atoms with van der Waals surface area (Å²) >= 11 is 0. The van der Waals surface area contributed by atoms with Gasteiger partial charge < -0.3 is 9.84 Å². The van der Waals surface area contributed by atoms with Gasteiger partial charge in [-0.15, -0.1) is 0 Å². The highest BCUT2D eigenvalue weighted by Gasteiger charge is 2.63. The van der Waals surface area contributed by atoms with Gasteiger partial charge in [-0.2, -0.15) is 0 Å². The number of hydrogen-bond acceptors (Lipinski definition) is 5. The predicted molar refractivity (Wildman–Crippen MR) is 89.2 cm³/mol. The number of ketones is 2. The number of Topliss-reactive ketones (excluding diaryl/α,β-unsaturated/α-hetero) is 2. The molecule has 1 aromatic carbocycles. The van der Waals surface area contributed by atoms with E-state index < -0.39 is 28.9 Å². The maximum absolute atomic E-state index is 12.9. The molecule has 2 heterocycles. The van der Waals surface area contributed by atoms with Crippen molar-refractivity contribution in [1.82, 2.24) is 0 Å². The highest BCUT2D eigenvalue weighted by Crippen LogP contribution is 2.49. The maximum Gasteiger partial charge on any atom is 0.348 e. The second-order valence-electron chi connectivity index (χ2n) is 6.75. The van der Waals surface area contributed by atoms with Gasteiger partial charge >= 0.3 is 5.97 Å². The molecule has 0 aromatic heterocycles. The van der Waals surface area contributed by atoms with Gasteiger partial charge in [0.05, 0.1) is 16.6 Å². The summed E-state index contributed by atoms with van der Waals surface area (Å²) in [6, 6.07) is 9.53. The van der Waals surface area contributed by atoms with E-state index in [0.717, 1.165) is 5.56 Å². The lowest BCUT2D eigenvalue weighted by Gasteiger charge is -2.36. The third-order valence-electron chi connectivity index (χ3n) is 5.10. The molecular formula is C20H16O5. The first-order chi connectivity index (χ1) is 11.9. The average molecular weight is 336 g/mol. The van der Waals surface area contributed by atoms with Gasteiger partial charge in [-0.25, -0.2) is 4.79 Å². The highest BCUT2D eigenvalue weighted by atomic mass is 16.6. The van der Waals surface area contributed by atoms with Crippen LogP contribution in [0.1, 0.15) is 18.9 Å². The monoisotopic (exact) mass is 336 g/mol. The highest BCUT2D eigenvalue weighted by molar-refractivity contribution is 6.31. The molecule has 5 nitrogen and oxygen atoms in total. The fraction of sp³-hybridized carbons (Fsp3) is 0.250. The van der Waals surface area contributed by atoms with Crippen LogP contribution in [0, 0.1) is 5.41 Å². The summed E-state index contributed by atoms with van der Waals surface area (Å²) in [7, 11) is 0. The second kappa shape index (κ2) is 5.10. The van der Waals surface area contributed by atoms with E-state index in [0.29, 0.717) is 0 Å². The molecule has 2 aliphatic heterocycles. The molecule has 4 aliphatic rings. The third-order valence-corrected chi connectivity index (χ3v) is 5.10. The first kappa shape index (κ1) is 15.7. The minimum atomic E-state index is -2.14. The van der Waals surface area contributed by atoms with Crippen LogP contribution in [-0.4, -0.2) is 34.3 Å². The van der Waals surface area contributed by atoms with Crippen LogP contribution in [0.25, 0.3) is 6.08 Å². The number of ether oxygens (including phenoxy) is 1.